The van der Waals surface area contributed by atoms with E-state index >= 15 is 0 Å². The Morgan fingerprint density at radius 2 is 2.08 bits per heavy atom. The van der Waals surface area contributed by atoms with Crippen LogP contribution in [-0.4, -0.2) is 60.6 Å². The van der Waals surface area contributed by atoms with Crippen LogP contribution in [0.3, 0.4) is 0 Å². The van der Waals surface area contributed by atoms with Crippen LogP contribution in [0.5, 0.6) is 0 Å². The number of nitriles is 1. The molecule has 1 saturated heterocycles. The SMILES string of the molecule is CC(C)=C(C#N)C(=O)N1CCC[C@H]1C(=O)NCCc1cc2c(-c3cnn4ncccc34)ccnc2[nH]1. The minimum absolute atomic E-state index is 0.109. The highest BCUT2D eigenvalue weighted by Crippen LogP contribution is 2.31. The van der Waals surface area contributed by atoms with Gasteiger partial charge in [-0.2, -0.15) is 20.1 Å². The van der Waals surface area contributed by atoms with Crippen molar-refractivity contribution in [1.29, 1.82) is 5.26 Å². The first kappa shape index (κ1) is 23.2. The Morgan fingerprint density at radius 1 is 1.22 bits per heavy atom. The lowest BCUT2D eigenvalue weighted by Gasteiger charge is -2.24. The second-order valence-electron chi connectivity index (χ2n) is 9.06. The molecule has 2 amide bonds. The molecule has 10 nitrogen and oxygen atoms in total. The maximum atomic E-state index is 12.9. The third kappa shape index (κ3) is 4.20. The molecular formula is C26H26N8O2. The van der Waals surface area contributed by atoms with Crippen molar-refractivity contribution in [3.8, 4) is 17.2 Å². The van der Waals surface area contributed by atoms with Crippen molar-refractivity contribution in [3.05, 3.63) is 59.7 Å². The van der Waals surface area contributed by atoms with Gasteiger partial charge in [-0.3, -0.25) is 9.59 Å². The number of pyridine rings is 1. The van der Waals surface area contributed by atoms with Gasteiger partial charge in [0.25, 0.3) is 5.91 Å². The Morgan fingerprint density at radius 3 is 2.89 bits per heavy atom. The number of nitrogens with zero attached hydrogens (tertiary/aromatic N) is 6. The first-order valence-electron chi connectivity index (χ1n) is 11.9. The smallest absolute Gasteiger partial charge is 0.265 e. The molecule has 5 rings (SSSR count). The Kier molecular flexibility index (Phi) is 6.21. The van der Waals surface area contributed by atoms with Crippen molar-refractivity contribution in [1.82, 2.24) is 35.0 Å². The first-order valence-corrected chi connectivity index (χ1v) is 11.9. The Bertz CT molecular complexity index is 1540. The zero-order valence-corrected chi connectivity index (χ0v) is 20.2. The maximum absolute atomic E-state index is 12.9. The topological polar surface area (TPSA) is 132 Å². The van der Waals surface area contributed by atoms with Gasteiger partial charge in [-0.1, -0.05) is 5.57 Å². The molecule has 1 aliphatic rings. The fraction of sp³-hybridized carbons (Fsp3) is 0.308. The number of aromatic amines is 1. The fourth-order valence-corrected chi connectivity index (χ4v) is 4.73. The average molecular weight is 483 g/mol. The summed E-state index contributed by atoms with van der Waals surface area (Å²) >= 11 is 0. The van der Waals surface area contributed by atoms with Crippen LogP contribution < -0.4 is 5.32 Å². The second-order valence-corrected chi connectivity index (χ2v) is 9.06. The quantitative estimate of drug-likeness (QED) is 0.321. The van der Waals surface area contributed by atoms with Crippen LogP contribution >= 0.6 is 0 Å². The summed E-state index contributed by atoms with van der Waals surface area (Å²) in [5, 5.41) is 21.8. The number of rotatable bonds is 6. The van der Waals surface area contributed by atoms with E-state index in [4.69, 9.17) is 0 Å². The van der Waals surface area contributed by atoms with Gasteiger partial charge in [-0.15, -0.1) is 0 Å². The van der Waals surface area contributed by atoms with Gasteiger partial charge in [0.2, 0.25) is 5.91 Å². The van der Waals surface area contributed by atoms with Crippen LogP contribution in [0.2, 0.25) is 0 Å². The molecule has 0 radical (unpaired) electrons. The summed E-state index contributed by atoms with van der Waals surface area (Å²) in [6, 6.07) is 9.27. The van der Waals surface area contributed by atoms with Gasteiger partial charge in [0, 0.05) is 48.5 Å². The number of nitrogens with one attached hydrogen (secondary N) is 2. The van der Waals surface area contributed by atoms with Gasteiger partial charge in [0.05, 0.1) is 11.7 Å². The lowest BCUT2D eigenvalue weighted by atomic mass is 10.1. The monoisotopic (exact) mass is 482 g/mol. The van der Waals surface area contributed by atoms with Gasteiger partial charge in [0.1, 0.15) is 23.3 Å². The number of carbonyl (C=O) groups is 2. The number of amides is 2. The number of likely N-dealkylation sites (tertiary alicyclic amines) is 1. The van der Waals surface area contributed by atoms with Gasteiger partial charge in [-0.25, -0.2) is 4.98 Å². The molecular weight excluding hydrogens is 456 g/mol. The van der Waals surface area contributed by atoms with Crippen molar-refractivity contribution in [2.75, 3.05) is 13.1 Å². The van der Waals surface area contributed by atoms with Crippen molar-refractivity contribution < 1.29 is 9.59 Å². The van der Waals surface area contributed by atoms with Crippen molar-refractivity contribution in [2.45, 2.75) is 39.2 Å². The molecule has 1 atom stereocenters. The van der Waals surface area contributed by atoms with E-state index in [-0.39, 0.29) is 17.4 Å². The summed E-state index contributed by atoms with van der Waals surface area (Å²) < 4.78 is 1.60. The largest absolute Gasteiger partial charge is 0.354 e. The number of carbonyl (C=O) groups excluding carboxylic acids is 2. The molecule has 0 spiro atoms. The number of allylic oxidation sites excluding steroid dienone is 1. The molecule has 1 fully saturated rings. The Balaban J connectivity index is 1.28. The summed E-state index contributed by atoms with van der Waals surface area (Å²) in [6.45, 7) is 4.35. The molecule has 4 aromatic heterocycles. The summed E-state index contributed by atoms with van der Waals surface area (Å²) in [4.78, 5) is 35.0. The predicted octanol–water partition coefficient (Wildman–Crippen LogP) is 2.78. The average Bonchev–Trinajstić information content (AvgIpc) is 3.61. The molecule has 5 heterocycles. The van der Waals surface area contributed by atoms with E-state index in [0.29, 0.717) is 31.5 Å². The Labute approximate surface area is 207 Å². The number of aromatic nitrogens is 5. The number of hydrogen-bond donors (Lipinski definition) is 2. The van der Waals surface area contributed by atoms with Gasteiger partial charge >= 0.3 is 0 Å². The summed E-state index contributed by atoms with van der Waals surface area (Å²) in [5.41, 5.74) is 5.34. The Hall–Kier alpha value is -4.52. The number of H-pyrrole nitrogens is 1. The van der Waals surface area contributed by atoms with Crippen LogP contribution in [0.1, 0.15) is 32.4 Å². The van der Waals surface area contributed by atoms with Crippen LogP contribution in [0, 0.1) is 11.3 Å². The molecule has 10 heteroatoms. The molecule has 0 saturated carbocycles. The summed E-state index contributed by atoms with van der Waals surface area (Å²) in [7, 11) is 0. The normalized spacial score (nSPS) is 15.2. The van der Waals surface area contributed by atoms with Gasteiger partial charge in [-0.05, 0) is 56.5 Å². The second kappa shape index (κ2) is 9.62. The van der Waals surface area contributed by atoms with Gasteiger partial charge in [0.15, 0.2) is 0 Å². The fourth-order valence-electron chi connectivity index (χ4n) is 4.73. The minimum Gasteiger partial charge on any atom is -0.354 e. The highest BCUT2D eigenvalue weighted by Gasteiger charge is 2.35. The van der Waals surface area contributed by atoms with Gasteiger partial charge < -0.3 is 15.2 Å². The molecule has 4 aromatic rings. The van der Waals surface area contributed by atoms with Crippen molar-refractivity contribution in [3.63, 3.8) is 0 Å². The van der Waals surface area contributed by atoms with E-state index in [0.717, 1.165) is 39.8 Å². The van der Waals surface area contributed by atoms with Crippen molar-refractivity contribution in [2.24, 2.45) is 0 Å². The summed E-state index contributed by atoms with van der Waals surface area (Å²) in [5.74, 6) is -0.562. The maximum Gasteiger partial charge on any atom is 0.265 e. The summed E-state index contributed by atoms with van der Waals surface area (Å²) in [6.07, 6.45) is 7.15. The molecule has 182 valence electrons. The minimum atomic E-state index is -0.555. The standard InChI is InChI=1S/C26H26N8O2/c1-16(2)20(14-27)26(36)33-12-4-6-23(33)25(35)29-10-7-17-13-19-18(8-11-28-24(19)32-17)21-15-31-34-22(21)5-3-9-30-34/h3,5,8-9,11,13,15,23H,4,6-7,10,12H2,1-2H3,(H,28,32)(H,29,35)/t23-/m0/s1. The molecule has 36 heavy (non-hydrogen) atoms. The molecule has 0 unspecified atom stereocenters. The molecule has 1 aliphatic heterocycles. The van der Waals surface area contributed by atoms with Crippen LogP contribution in [0.25, 0.3) is 27.7 Å². The molecule has 0 aliphatic carbocycles. The zero-order chi connectivity index (χ0) is 25.2. The highest BCUT2D eigenvalue weighted by atomic mass is 16.2. The molecule has 2 N–H and O–H groups in total. The third-order valence-corrected chi connectivity index (χ3v) is 6.52. The lowest BCUT2D eigenvalue weighted by Crippen LogP contribution is -2.46. The first-order chi connectivity index (χ1) is 17.5. The highest BCUT2D eigenvalue weighted by molar-refractivity contribution is 6.01. The predicted molar refractivity (Wildman–Crippen MR) is 134 cm³/mol. The number of hydrogen-bond acceptors (Lipinski definition) is 6. The van der Waals surface area contributed by atoms with Crippen LogP contribution in [0.15, 0.2) is 54.0 Å². The number of fused-ring (bicyclic) bond motifs is 2. The van der Waals surface area contributed by atoms with E-state index < -0.39 is 6.04 Å². The van der Waals surface area contributed by atoms with Crippen LogP contribution in [-0.2, 0) is 16.0 Å². The van der Waals surface area contributed by atoms with E-state index in [2.05, 4.69) is 25.5 Å². The van der Waals surface area contributed by atoms with E-state index in [1.165, 1.54) is 4.90 Å². The lowest BCUT2D eigenvalue weighted by molar-refractivity contribution is -0.135. The zero-order valence-electron chi connectivity index (χ0n) is 20.2. The van der Waals surface area contributed by atoms with E-state index in [1.54, 1.807) is 37.1 Å². The van der Waals surface area contributed by atoms with E-state index in [9.17, 15) is 14.9 Å². The van der Waals surface area contributed by atoms with Crippen LogP contribution in [0.4, 0.5) is 0 Å². The molecule has 0 aromatic carbocycles. The van der Waals surface area contributed by atoms with E-state index in [1.807, 2.05) is 30.3 Å². The molecule has 0 bridgehead atoms. The third-order valence-electron chi connectivity index (χ3n) is 6.52. The van der Waals surface area contributed by atoms with Crippen molar-refractivity contribution >= 4 is 28.4 Å².